The first-order chi connectivity index (χ1) is 14.2. The quantitative estimate of drug-likeness (QED) is 0.171. The second kappa shape index (κ2) is 15.7. The highest BCUT2D eigenvalue weighted by atomic mass is 127. The van der Waals surface area contributed by atoms with Gasteiger partial charge in [-0.1, -0.05) is 61.2 Å². The molecule has 0 fully saturated rings. The topological polar surface area (TPSA) is 75.1 Å². The number of nitrogens with one attached hydrogen (secondary N) is 2. The number of halogens is 1. The van der Waals surface area contributed by atoms with Crippen molar-refractivity contribution in [2.24, 2.45) is 4.99 Å². The van der Waals surface area contributed by atoms with Gasteiger partial charge in [-0.2, -0.15) is 0 Å². The molecule has 0 aromatic heterocycles. The van der Waals surface area contributed by atoms with E-state index in [9.17, 15) is 5.11 Å². The van der Waals surface area contributed by atoms with Gasteiger partial charge in [-0.3, -0.25) is 0 Å². The van der Waals surface area contributed by atoms with Crippen molar-refractivity contribution in [3.8, 4) is 5.75 Å². The van der Waals surface area contributed by atoms with Gasteiger partial charge in [-0.25, -0.2) is 4.99 Å². The molecule has 2 rings (SSSR count). The summed E-state index contributed by atoms with van der Waals surface area (Å²) in [7, 11) is 0. The van der Waals surface area contributed by atoms with E-state index < -0.39 is 6.10 Å². The van der Waals surface area contributed by atoms with E-state index in [1.54, 1.807) is 6.08 Å². The highest BCUT2D eigenvalue weighted by molar-refractivity contribution is 14.0. The molecule has 0 amide bonds. The second-order valence-corrected chi connectivity index (χ2v) is 6.44. The van der Waals surface area contributed by atoms with Crippen LogP contribution in [0.15, 0.2) is 72.2 Å². The zero-order valence-corrected chi connectivity index (χ0v) is 19.8. The van der Waals surface area contributed by atoms with E-state index in [1.807, 2.05) is 61.5 Å². The Labute approximate surface area is 196 Å². The number of guanidine groups is 1. The molecule has 2 aromatic rings. The van der Waals surface area contributed by atoms with E-state index in [2.05, 4.69) is 22.2 Å². The van der Waals surface area contributed by atoms with Crippen LogP contribution in [-0.2, 0) is 17.9 Å². The van der Waals surface area contributed by atoms with Crippen molar-refractivity contribution in [2.45, 2.75) is 26.2 Å². The Morgan fingerprint density at radius 2 is 1.87 bits per heavy atom. The number of aliphatic hydroxyl groups excluding tert-OH is 1. The monoisotopic (exact) mass is 525 g/mol. The molecule has 0 saturated carbocycles. The molecule has 0 spiro atoms. The number of rotatable bonds is 12. The van der Waals surface area contributed by atoms with Gasteiger partial charge >= 0.3 is 0 Å². The summed E-state index contributed by atoms with van der Waals surface area (Å²) in [6.45, 7) is 8.38. The predicted molar refractivity (Wildman–Crippen MR) is 132 cm³/mol. The van der Waals surface area contributed by atoms with Gasteiger partial charge in [0.2, 0.25) is 0 Å². The Hall–Kier alpha value is -2.10. The molecule has 0 aliphatic carbocycles. The molecule has 0 bridgehead atoms. The number of hydrogen-bond donors (Lipinski definition) is 3. The molecule has 1 atom stereocenters. The maximum atomic E-state index is 10.2. The SMILES string of the molecule is C=CCOc1ccccc1CN=C(NCC)NCC(O)COCc1ccccc1.I. The van der Waals surface area contributed by atoms with Gasteiger partial charge in [0.25, 0.3) is 0 Å². The molecular formula is C23H32IN3O3. The van der Waals surface area contributed by atoms with Gasteiger partial charge in [0.05, 0.1) is 25.9 Å². The van der Waals surface area contributed by atoms with Crippen molar-refractivity contribution < 1.29 is 14.6 Å². The number of nitrogens with zero attached hydrogens (tertiary/aromatic N) is 1. The van der Waals surface area contributed by atoms with Gasteiger partial charge < -0.3 is 25.2 Å². The smallest absolute Gasteiger partial charge is 0.191 e. The minimum absolute atomic E-state index is 0. The summed E-state index contributed by atoms with van der Waals surface area (Å²) in [5, 5.41) is 16.5. The van der Waals surface area contributed by atoms with Crippen LogP contribution in [0.3, 0.4) is 0 Å². The molecule has 30 heavy (non-hydrogen) atoms. The Morgan fingerprint density at radius 1 is 1.13 bits per heavy atom. The van der Waals surface area contributed by atoms with E-state index in [1.165, 1.54) is 0 Å². The van der Waals surface area contributed by atoms with Crippen LogP contribution in [0.1, 0.15) is 18.1 Å². The van der Waals surface area contributed by atoms with Crippen molar-refractivity contribution in [3.63, 3.8) is 0 Å². The maximum Gasteiger partial charge on any atom is 0.191 e. The zero-order chi connectivity index (χ0) is 20.7. The van der Waals surface area contributed by atoms with Crippen molar-refractivity contribution in [1.82, 2.24) is 10.6 Å². The lowest BCUT2D eigenvalue weighted by Crippen LogP contribution is -2.42. The van der Waals surface area contributed by atoms with Crippen molar-refractivity contribution >= 4 is 29.9 Å². The minimum Gasteiger partial charge on any atom is -0.489 e. The van der Waals surface area contributed by atoms with Gasteiger partial charge in [0.1, 0.15) is 12.4 Å². The average molecular weight is 525 g/mol. The molecule has 0 heterocycles. The summed E-state index contributed by atoms with van der Waals surface area (Å²) in [6, 6.07) is 17.7. The molecule has 164 valence electrons. The largest absolute Gasteiger partial charge is 0.489 e. The molecular weight excluding hydrogens is 493 g/mol. The number of aliphatic imine (C=N–C) groups is 1. The molecule has 0 saturated heterocycles. The number of aliphatic hydroxyl groups is 1. The fourth-order valence-electron chi connectivity index (χ4n) is 2.59. The summed E-state index contributed by atoms with van der Waals surface area (Å²) < 4.78 is 11.3. The fraction of sp³-hybridized carbons (Fsp3) is 0.348. The maximum absolute atomic E-state index is 10.2. The van der Waals surface area contributed by atoms with Crippen LogP contribution < -0.4 is 15.4 Å². The Balaban J connectivity index is 0.00000450. The van der Waals surface area contributed by atoms with Gasteiger partial charge in [0.15, 0.2) is 5.96 Å². The average Bonchev–Trinajstić information content (AvgIpc) is 2.75. The molecule has 6 nitrogen and oxygen atoms in total. The van der Waals surface area contributed by atoms with E-state index in [0.29, 0.717) is 32.3 Å². The van der Waals surface area contributed by atoms with Crippen LogP contribution in [0.25, 0.3) is 0 Å². The van der Waals surface area contributed by atoms with E-state index in [4.69, 9.17) is 9.47 Å². The van der Waals surface area contributed by atoms with Crippen LogP contribution in [0, 0.1) is 0 Å². The van der Waals surface area contributed by atoms with Gasteiger partial charge in [0, 0.05) is 18.7 Å². The van der Waals surface area contributed by atoms with Gasteiger partial charge in [-0.05, 0) is 18.6 Å². The Bertz CT molecular complexity index is 756. The van der Waals surface area contributed by atoms with Crippen molar-refractivity contribution in [1.29, 1.82) is 0 Å². The van der Waals surface area contributed by atoms with Crippen LogP contribution in [0.4, 0.5) is 0 Å². The highest BCUT2D eigenvalue weighted by Gasteiger charge is 2.07. The van der Waals surface area contributed by atoms with E-state index in [0.717, 1.165) is 23.4 Å². The zero-order valence-electron chi connectivity index (χ0n) is 17.4. The summed E-state index contributed by atoms with van der Waals surface area (Å²) in [6.07, 6.45) is 1.08. The third kappa shape index (κ3) is 10.1. The summed E-state index contributed by atoms with van der Waals surface area (Å²) in [5.41, 5.74) is 2.07. The third-order valence-corrected chi connectivity index (χ3v) is 4.01. The third-order valence-electron chi connectivity index (χ3n) is 4.01. The lowest BCUT2D eigenvalue weighted by atomic mass is 10.2. The number of benzene rings is 2. The first kappa shape index (κ1) is 25.9. The van der Waals surface area contributed by atoms with Crippen molar-refractivity contribution in [3.05, 3.63) is 78.4 Å². The summed E-state index contributed by atoms with van der Waals surface area (Å²) in [5.74, 6) is 1.43. The molecule has 1 unspecified atom stereocenters. The summed E-state index contributed by atoms with van der Waals surface area (Å²) in [4.78, 5) is 4.59. The Kier molecular flexibility index (Phi) is 13.6. The lowest BCUT2D eigenvalue weighted by molar-refractivity contribution is 0.0308. The van der Waals surface area contributed by atoms with Crippen LogP contribution in [-0.4, -0.2) is 43.5 Å². The van der Waals surface area contributed by atoms with Crippen LogP contribution in [0.5, 0.6) is 5.75 Å². The van der Waals surface area contributed by atoms with Crippen LogP contribution >= 0.6 is 24.0 Å². The number of para-hydroxylation sites is 1. The highest BCUT2D eigenvalue weighted by Crippen LogP contribution is 2.18. The predicted octanol–water partition coefficient (Wildman–Crippen LogP) is 3.50. The first-order valence-corrected chi connectivity index (χ1v) is 9.86. The molecule has 3 N–H and O–H groups in total. The number of ether oxygens (including phenoxy) is 2. The minimum atomic E-state index is -0.634. The lowest BCUT2D eigenvalue weighted by Gasteiger charge is -2.16. The summed E-state index contributed by atoms with van der Waals surface area (Å²) >= 11 is 0. The Morgan fingerprint density at radius 3 is 2.60 bits per heavy atom. The fourth-order valence-corrected chi connectivity index (χ4v) is 2.59. The van der Waals surface area contributed by atoms with Crippen molar-refractivity contribution in [2.75, 3.05) is 26.3 Å². The molecule has 0 aliphatic rings. The second-order valence-electron chi connectivity index (χ2n) is 6.44. The normalized spacial score (nSPS) is 11.9. The first-order valence-electron chi connectivity index (χ1n) is 9.86. The standard InChI is InChI=1S/C23H31N3O3.HI/c1-3-14-29-22-13-9-8-12-20(22)15-25-23(24-4-2)26-16-21(27)18-28-17-19-10-6-5-7-11-19;/h3,5-13,21,27H,1,4,14-18H2,2H3,(H2,24,25,26);1H. The molecule has 0 aliphatic heterocycles. The molecule has 2 aromatic carbocycles. The van der Waals surface area contributed by atoms with E-state index in [-0.39, 0.29) is 30.6 Å². The molecule has 0 radical (unpaired) electrons. The molecule has 7 heteroatoms. The van der Waals surface area contributed by atoms with E-state index >= 15 is 0 Å². The van der Waals surface area contributed by atoms with Gasteiger partial charge in [-0.15, -0.1) is 24.0 Å². The van der Waals surface area contributed by atoms with Crippen LogP contribution in [0.2, 0.25) is 0 Å². The number of hydrogen-bond acceptors (Lipinski definition) is 4.